The van der Waals surface area contributed by atoms with E-state index in [1.807, 2.05) is 12.1 Å². The van der Waals surface area contributed by atoms with Crippen molar-refractivity contribution in [1.82, 2.24) is 4.98 Å². The van der Waals surface area contributed by atoms with Gasteiger partial charge in [-0.2, -0.15) is 0 Å². The minimum atomic E-state index is 0.349. The van der Waals surface area contributed by atoms with Crippen molar-refractivity contribution in [3.8, 4) is 17.0 Å². The number of benzene rings is 1. The monoisotopic (exact) mass is 289 g/mol. The summed E-state index contributed by atoms with van der Waals surface area (Å²) in [6.45, 7) is 2.99. The molecule has 1 aliphatic rings. The average Bonchev–Trinajstić information content (AvgIpc) is 2.97. The van der Waals surface area contributed by atoms with Gasteiger partial charge in [0.1, 0.15) is 5.75 Å². The maximum absolute atomic E-state index is 5.61. The fourth-order valence-electron chi connectivity index (χ4n) is 2.59. The molecule has 1 saturated heterocycles. The first-order chi connectivity index (χ1) is 9.76. The minimum absolute atomic E-state index is 0.349. The Morgan fingerprint density at radius 3 is 2.80 bits per heavy atom. The van der Waals surface area contributed by atoms with Gasteiger partial charge in [-0.3, -0.25) is 0 Å². The van der Waals surface area contributed by atoms with Gasteiger partial charge in [0.15, 0.2) is 0 Å². The first-order valence-electron chi connectivity index (χ1n) is 6.97. The molecule has 2 atom stereocenters. The molecule has 3 nitrogen and oxygen atoms in total. The normalized spacial score (nSPS) is 22.7. The highest BCUT2D eigenvalue weighted by atomic mass is 32.1. The summed E-state index contributed by atoms with van der Waals surface area (Å²) in [6, 6.07) is 8.07. The van der Waals surface area contributed by atoms with Crippen LogP contribution in [0.3, 0.4) is 0 Å². The first kappa shape index (κ1) is 13.6. The Bertz CT molecular complexity index is 564. The zero-order valence-electron chi connectivity index (χ0n) is 11.8. The summed E-state index contributed by atoms with van der Waals surface area (Å²) in [5.41, 5.74) is 2.21. The molecule has 3 rings (SSSR count). The van der Waals surface area contributed by atoms with Gasteiger partial charge in [0.2, 0.25) is 0 Å². The molecular formula is C16H19NO2S. The van der Waals surface area contributed by atoms with E-state index in [-0.39, 0.29) is 0 Å². The molecule has 0 spiro atoms. The molecule has 0 aliphatic carbocycles. The quantitative estimate of drug-likeness (QED) is 0.852. The third-order valence-corrected chi connectivity index (χ3v) is 4.75. The molecule has 0 unspecified atom stereocenters. The highest BCUT2D eigenvalue weighted by Crippen LogP contribution is 2.34. The second kappa shape index (κ2) is 5.94. The van der Waals surface area contributed by atoms with Crippen LogP contribution in [0, 0.1) is 0 Å². The van der Waals surface area contributed by atoms with Crippen molar-refractivity contribution in [2.45, 2.75) is 31.8 Å². The minimum Gasteiger partial charge on any atom is -0.497 e. The van der Waals surface area contributed by atoms with Gasteiger partial charge in [0, 0.05) is 23.5 Å². The summed E-state index contributed by atoms with van der Waals surface area (Å²) in [5, 5.41) is 3.39. The molecule has 1 aliphatic heterocycles. The Balaban J connectivity index is 1.78. The number of aromatic nitrogens is 1. The molecule has 0 amide bonds. The van der Waals surface area contributed by atoms with Crippen LogP contribution < -0.4 is 4.74 Å². The predicted molar refractivity (Wildman–Crippen MR) is 81.5 cm³/mol. The number of rotatable bonds is 3. The lowest BCUT2D eigenvalue weighted by molar-refractivity contribution is 0.0186. The fraction of sp³-hybridized carbons (Fsp3) is 0.438. The highest BCUT2D eigenvalue weighted by molar-refractivity contribution is 7.10. The van der Waals surface area contributed by atoms with Crippen molar-refractivity contribution < 1.29 is 9.47 Å². The Morgan fingerprint density at radius 2 is 2.10 bits per heavy atom. The van der Waals surface area contributed by atoms with E-state index in [2.05, 4.69) is 24.4 Å². The van der Waals surface area contributed by atoms with Crippen molar-refractivity contribution >= 4 is 11.3 Å². The lowest BCUT2D eigenvalue weighted by atomic mass is 9.97. The number of hydrogen-bond donors (Lipinski definition) is 0. The number of hydrogen-bond acceptors (Lipinski definition) is 4. The standard InChI is InChI=1S/C16H19NO2S/c1-11-9-13(7-8-19-11)16-17-15(10-20-16)12-3-5-14(18-2)6-4-12/h3-6,10-11,13H,7-9H2,1-2H3/t11-,13+/m0/s1. The molecule has 106 valence electrons. The molecule has 0 saturated carbocycles. The van der Waals surface area contributed by atoms with Gasteiger partial charge in [0.05, 0.1) is 23.9 Å². The zero-order chi connectivity index (χ0) is 13.9. The second-order valence-corrected chi connectivity index (χ2v) is 6.09. The summed E-state index contributed by atoms with van der Waals surface area (Å²) in [7, 11) is 1.68. The van der Waals surface area contributed by atoms with Crippen LogP contribution in [0.1, 0.15) is 30.7 Å². The Hall–Kier alpha value is -1.39. The molecule has 0 bridgehead atoms. The molecule has 0 radical (unpaired) electrons. The van der Waals surface area contributed by atoms with Gasteiger partial charge in [0.25, 0.3) is 0 Å². The van der Waals surface area contributed by atoms with E-state index in [1.165, 1.54) is 5.01 Å². The van der Waals surface area contributed by atoms with E-state index in [4.69, 9.17) is 14.5 Å². The zero-order valence-corrected chi connectivity index (χ0v) is 12.7. The lowest BCUT2D eigenvalue weighted by Crippen LogP contribution is -2.21. The smallest absolute Gasteiger partial charge is 0.118 e. The van der Waals surface area contributed by atoms with Crippen LogP contribution in [0.2, 0.25) is 0 Å². The summed E-state index contributed by atoms with van der Waals surface area (Å²) >= 11 is 1.76. The van der Waals surface area contributed by atoms with Crippen LogP contribution >= 0.6 is 11.3 Å². The number of nitrogens with zero attached hydrogens (tertiary/aromatic N) is 1. The molecule has 20 heavy (non-hydrogen) atoms. The van der Waals surface area contributed by atoms with E-state index >= 15 is 0 Å². The van der Waals surface area contributed by atoms with Crippen molar-refractivity contribution in [3.05, 3.63) is 34.7 Å². The number of methoxy groups -OCH3 is 1. The predicted octanol–water partition coefficient (Wildman–Crippen LogP) is 4.10. The topological polar surface area (TPSA) is 31.4 Å². The van der Waals surface area contributed by atoms with Crippen molar-refractivity contribution in [3.63, 3.8) is 0 Å². The fourth-order valence-corrected chi connectivity index (χ4v) is 3.57. The third-order valence-electron chi connectivity index (χ3n) is 3.74. The van der Waals surface area contributed by atoms with Crippen LogP contribution in [-0.2, 0) is 4.74 Å². The third kappa shape index (κ3) is 2.86. The lowest BCUT2D eigenvalue weighted by Gasteiger charge is -2.25. The maximum Gasteiger partial charge on any atom is 0.118 e. The maximum atomic E-state index is 5.61. The van der Waals surface area contributed by atoms with Crippen molar-refractivity contribution in [2.24, 2.45) is 0 Å². The van der Waals surface area contributed by atoms with Crippen LogP contribution in [-0.4, -0.2) is 24.8 Å². The van der Waals surface area contributed by atoms with E-state index in [0.717, 1.165) is 36.5 Å². The molecule has 2 aromatic rings. The summed E-state index contributed by atoms with van der Waals surface area (Å²) in [4.78, 5) is 4.82. The highest BCUT2D eigenvalue weighted by Gasteiger charge is 2.23. The van der Waals surface area contributed by atoms with E-state index in [0.29, 0.717) is 12.0 Å². The Labute approximate surface area is 123 Å². The summed E-state index contributed by atoms with van der Waals surface area (Å²) < 4.78 is 10.8. The van der Waals surface area contributed by atoms with Gasteiger partial charge in [-0.1, -0.05) is 0 Å². The molecule has 1 aromatic carbocycles. The largest absolute Gasteiger partial charge is 0.497 e. The first-order valence-corrected chi connectivity index (χ1v) is 7.85. The van der Waals surface area contributed by atoms with Gasteiger partial charge in [-0.15, -0.1) is 11.3 Å². The van der Waals surface area contributed by atoms with Crippen LogP contribution in [0.25, 0.3) is 11.3 Å². The van der Waals surface area contributed by atoms with E-state index < -0.39 is 0 Å². The molecule has 1 fully saturated rings. The second-order valence-electron chi connectivity index (χ2n) is 5.20. The van der Waals surface area contributed by atoms with Gasteiger partial charge >= 0.3 is 0 Å². The van der Waals surface area contributed by atoms with E-state index in [1.54, 1.807) is 18.4 Å². The molecule has 2 heterocycles. The van der Waals surface area contributed by atoms with Crippen LogP contribution in [0.15, 0.2) is 29.6 Å². The summed E-state index contributed by atoms with van der Waals surface area (Å²) in [5.74, 6) is 1.43. The SMILES string of the molecule is COc1ccc(-c2csc([C@@H]3CCO[C@@H](C)C3)n2)cc1. The molecular weight excluding hydrogens is 270 g/mol. The van der Waals surface area contributed by atoms with E-state index in [9.17, 15) is 0 Å². The van der Waals surface area contributed by atoms with Gasteiger partial charge < -0.3 is 9.47 Å². The number of ether oxygens (including phenoxy) is 2. The van der Waals surface area contributed by atoms with Crippen molar-refractivity contribution in [2.75, 3.05) is 13.7 Å². The number of thiazole rings is 1. The molecule has 4 heteroatoms. The Morgan fingerprint density at radius 1 is 1.30 bits per heavy atom. The molecule has 0 N–H and O–H groups in total. The van der Waals surface area contributed by atoms with Gasteiger partial charge in [-0.25, -0.2) is 4.98 Å². The van der Waals surface area contributed by atoms with Crippen LogP contribution in [0.5, 0.6) is 5.75 Å². The summed E-state index contributed by atoms with van der Waals surface area (Å²) in [6.07, 6.45) is 2.51. The van der Waals surface area contributed by atoms with Crippen LogP contribution in [0.4, 0.5) is 0 Å². The van der Waals surface area contributed by atoms with Crippen molar-refractivity contribution in [1.29, 1.82) is 0 Å². The molecule has 1 aromatic heterocycles. The van der Waals surface area contributed by atoms with Gasteiger partial charge in [-0.05, 0) is 44.0 Å². The Kier molecular flexibility index (Phi) is 4.03. The average molecular weight is 289 g/mol.